The normalized spacial score (nSPS) is 16.8. The Morgan fingerprint density at radius 2 is 2.19 bits per heavy atom. The van der Waals surface area contributed by atoms with Crippen LogP contribution in [-0.4, -0.2) is 31.7 Å². The minimum atomic E-state index is -0.659. The van der Waals surface area contributed by atoms with E-state index >= 15 is 0 Å². The Morgan fingerprint density at radius 1 is 1.56 bits per heavy atom. The lowest BCUT2D eigenvalue weighted by molar-refractivity contribution is -0.124. The topological polar surface area (TPSA) is 64.3 Å². The molecule has 0 fully saturated rings. The van der Waals surface area contributed by atoms with Crippen molar-refractivity contribution < 1.29 is 9.53 Å². The fourth-order valence-corrected chi connectivity index (χ4v) is 1.51. The number of carbonyl (C=O) groups excluding carboxylic acids is 1. The Labute approximate surface area is 98.9 Å². The van der Waals surface area contributed by atoms with Crippen LogP contribution in [0.2, 0.25) is 0 Å². The molecule has 0 rings (SSSR count). The van der Waals surface area contributed by atoms with Gasteiger partial charge in [0.25, 0.3) is 0 Å². The first kappa shape index (κ1) is 15.4. The Hall–Kier alpha value is -0.610. The van der Waals surface area contributed by atoms with Crippen molar-refractivity contribution in [1.29, 1.82) is 0 Å². The van der Waals surface area contributed by atoms with E-state index in [1.54, 1.807) is 14.0 Å². The van der Waals surface area contributed by atoms with E-state index in [1.165, 1.54) is 12.8 Å². The molecule has 3 N–H and O–H groups in total. The number of nitrogens with two attached hydrogens (primary N) is 1. The molecule has 2 unspecified atom stereocenters. The summed E-state index contributed by atoms with van der Waals surface area (Å²) in [7, 11) is 1.74. The summed E-state index contributed by atoms with van der Waals surface area (Å²) in [5, 5.41) is 2.94. The van der Waals surface area contributed by atoms with Crippen LogP contribution in [0.5, 0.6) is 0 Å². The lowest BCUT2D eigenvalue weighted by atomic mass is 9.98. The molecule has 0 aromatic heterocycles. The molecular weight excluding hydrogens is 204 g/mol. The highest BCUT2D eigenvalue weighted by molar-refractivity contribution is 5.84. The van der Waals surface area contributed by atoms with Crippen LogP contribution in [0.15, 0.2) is 0 Å². The lowest BCUT2D eigenvalue weighted by Gasteiger charge is -2.25. The molecule has 0 aliphatic carbocycles. The van der Waals surface area contributed by atoms with Gasteiger partial charge in [-0.05, 0) is 32.7 Å². The second kappa shape index (κ2) is 7.63. The van der Waals surface area contributed by atoms with Gasteiger partial charge in [0, 0.05) is 13.2 Å². The third-order valence-corrected chi connectivity index (χ3v) is 3.03. The maximum absolute atomic E-state index is 11.2. The van der Waals surface area contributed by atoms with E-state index < -0.39 is 5.54 Å². The number of rotatable bonds is 9. The molecule has 0 bridgehead atoms. The van der Waals surface area contributed by atoms with Gasteiger partial charge in [0.05, 0.1) is 5.54 Å². The van der Waals surface area contributed by atoms with E-state index in [2.05, 4.69) is 19.2 Å². The minimum Gasteiger partial charge on any atom is -0.381 e. The molecule has 1 amide bonds. The highest BCUT2D eigenvalue weighted by Gasteiger charge is 2.28. The summed E-state index contributed by atoms with van der Waals surface area (Å²) in [5.41, 5.74) is 4.66. The fraction of sp³-hybridized carbons (Fsp3) is 0.917. The zero-order valence-electron chi connectivity index (χ0n) is 11.0. The third-order valence-electron chi connectivity index (χ3n) is 3.03. The van der Waals surface area contributed by atoms with Crippen LogP contribution < -0.4 is 11.1 Å². The molecule has 0 aliphatic heterocycles. The Kier molecular flexibility index (Phi) is 7.34. The second-order valence-corrected chi connectivity index (χ2v) is 4.67. The van der Waals surface area contributed by atoms with Crippen LogP contribution in [0.4, 0.5) is 0 Å². The number of nitrogens with one attached hydrogen (secondary N) is 1. The molecule has 4 nitrogen and oxygen atoms in total. The molecule has 0 saturated heterocycles. The van der Waals surface area contributed by atoms with Crippen molar-refractivity contribution in [3.8, 4) is 0 Å². The van der Waals surface area contributed by atoms with Crippen molar-refractivity contribution >= 4 is 5.91 Å². The van der Waals surface area contributed by atoms with Gasteiger partial charge in [-0.1, -0.05) is 20.3 Å². The van der Waals surface area contributed by atoms with Crippen molar-refractivity contribution in [1.82, 2.24) is 5.32 Å². The Morgan fingerprint density at radius 3 is 2.62 bits per heavy atom. The molecule has 0 aromatic rings. The predicted molar refractivity (Wildman–Crippen MR) is 66.2 cm³/mol. The van der Waals surface area contributed by atoms with Crippen LogP contribution >= 0.6 is 0 Å². The van der Waals surface area contributed by atoms with Gasteiger partial charge < -0.3 is 15.8 Å². The number of likely N-dealkylation sites (N-methyl/N-ethyl adjacent to an activating group) is 1. The minimum absolute atomic E-state index is 0.333. The van der Waals surface area contributed by atoms with Gasteiger partial charge in [-0.15, -0.1) is 0 Å². The smallest absolute Gasteiger partial charge is 0.237 e. The summed E-state index contributed by atoms with van der Waals surface area (Å²) in [5.74, 6) is 0.250. The quantitative estimate of drug-likeness (QED) is 0.587. The monoisotopic (exact) mass is 230 g/mol. The molecule has 4 heteroatoms. The first-order valence-corrected chi connectivity index (χ1v) is 6.02. The van der Waals surface area contributed by atoms with Gasteiger partial charge in [0.15, 0.2) is 0 Å². The first-order chi connectivity index (χ1) is 7.46. The van der Waals surface area contributed by atoms with Gasteiger partial charge in [0.1, 0.15) is 0 Å². The number of ether oxygens (including phenoxy) is 1. The number of hydrogen-bond donors (Lipinski definition) is 2. The number of hydrogen-bond acceptors (Lipinski definition) is 3. The molecule has 2 atom stereocenters. The second-order valence-electron chi connectivity index (χ2n) is 4.67. The van der Waals surface area contributed by atoms with E-state index in [0.29, 0.717) is 18.9 Å². The predicted octanol–water partition coefficient (Wildman–Crippen LogP) is 1.29. The Balaban J connectivity index is 3.76. The first-order valence-electron chi connectivity index (χ1n) is 6.02. The van der Waals surface area contributed by atoms with Gasteiger partial charge in [-0.25, -0.2) is 0 Å². The maximum Gasteiger partial charge on any atom is 0.237 e. The van der Waals surface area contributed by atoms with E-state index in [-0.39, 0.29) is 5.91 Å². The highest BCUT2D eigenvalue weighted by Crippen LogP contribution is 2.10. The SMILES string of the molecule is CCCC(C)COCCC(C)(NC)C(N)=O. The van der Waals surface area contributed by atoms with E-state index in [4.69, 9.17) is 10.5 Å². The van der Waals surface area contributed by atoms with Crippen LogP contribution in [0.25, 0.3) is 0 Å². The van der Waals surface area contributed by atoms with Gasteiger partial charge in [-0.2, -0.15) is 0 Å². The number of amides is 1. The molecule has 0 saturated carbocycles. The van der Waals surface area contributed by atoms with Crippen LogP contribution in [-0.2, 0) is 9.53 Å². The molecule has 0 radical (unpaired) electrons. The molecule has 0 heterocycles. The molecule has 0 spiro atoms. The molecular formula is C12H26N2O2. The standard InChI is InChI=1S/C12H26N2O2/c1-5-6-10(2)9-16-8-7-12(3,14-4)11(13)15/h10,14H,5-9H2,1-4H3,(H2,13,15). The van der Waals surface area contributed by atoms with Gasteiger partial charge in [0.2, 0.25) is 5.91 Å². The van der Waals surface area contributed by atoms with Crippen molar-refractivity contribution in [2.75, 3.05) is 20.3 Å². The van der Waals surface area contributed by atoms with Gasteiger partial charge in [-0.3, -0.25) is 4.79 Å². The summed E-state index contributed by atoms with van der Waals surface area (Å²) in [6.45, 7) is 7.46. The molecule has 0 aromatic carbocycles. The van der Waals surface area contributed by atoms with Crippen LogP contribution in [0.1, 0.15) is 40.0 Å². The van der Waals surface area contributed by atoms with Crippen molar-refractivity contribution in [2.24, 2.45) is 11.7 Å². The van der Waals surface area contributed by atoms with E-state index in [0.717, 1.165) is 6.61 Å². The zero-order valence-corrected chi connectivity index (χ0v) is 11.0. The molecule has 0 aliphatic rings. The van der Waals surface area contributed by atoms with E-state index in [1.807, 2.05) is 0 Å². The lowest BCUT2D eigenvalue weighted by Crippen LogP contribution is -2.52. The number of carbonyl (C=O) groups is 1. The maximum atomic E-state index is 11.2. The van der Waals surface area contributed by atoms with Crippen LogP contribution in [0.3, 0.4) is 0 Å². The van der Waals surface area contributed by atoms with Gasteiger partial charge >= 0.3 is 0 Å². The van der Waals surface area contributed by atoms with Crippen molar-refractivity contribution in [2.45, 2.75) is 45.6 Å². The third kappa shape index (κ3) is 5.47. The average molecular weight is 230 g/mol. The van der Waals surface area contributed by atoms with Crippen molar-refractivity contribution in [3.05, 3.63) is 0 Å². The highest BCUT2D eigenvalue weighted by atomic mass is 16.5. The van der Waals surface area contributed by atoms with E-state index in [9.17, 15) is 4.79 Å². The van der Waals surface area contributed by atoms with Crippen molar-refractivity contribution in [3.63, 3.8) is 0 Å². The molecule has 96 valence electrons. The molecule has 16 heavy (non-hydrogen) atoms. The fourth-order valence-electron chi connectivity index (χ4n) is 1.51. The average Bonchev–Trinajstić information content (AvgIpc) is 2.24. The summed E-state index contributed by atoms with van der Waals surface area (Å²) >= 11 is 0. The summed E-state index contributed by atoms with van der Waals surface area (Å²) in [4.78, 5) is 11.2. The Bertz CT molecular complexity index is 209. The van der Waals surface area contributed by atoms with Crippen LogP contribution in [0, 0.1) is 5.92 Å². The summed E-state index contributed by atoms with van der Waals surface area (Å²) in [6.07, 6.45) is 2.97. The summed E-state index contributed by atoms with van der Waals surface area (Å²) < 4.78 is 5.55. The largest absolute Gasteiger partial charge is 0.381 e. The zero-order chi connectivity index (χ0) is 12.6. The number of primary amides is 1. The summed E-state index contributed by atoms with van der Waals surface area (Å²) in [6, 6.07) is 0.